The molecule has 0 radical (unpaired) electrons. The third kappa shape index (κ3) is 2.94. The Morgan fingerprint density at radius 1 is 1.08 bits per heavy atom. The number of hydrogen-bond acceptors (Lipinski definition) is 3. The van der Waals surface area contributed by atoms with E-state index in [1.807, 2.05) is 30.3 Å². The minimum atomic E-state index is -4.47. The van der Waals surface area contributed by atoms with Crippen LogP contribution in [0.4, 0.5) is 13.2 Å². The van der Waals surface area contributed by atoms with Crippen LogP contribution in [-0.2, 0) is 11.0 Å². The summed E-state index contributed by atoms with van der Waals surface area (Å²) in [6, 6.07) is 13.0. The molecule has 3 rings (SSSR count). The van der Waals surface area contributed by atoms with Crippen LogP contribution in [-0.4, -0.2) is 5.78 Å². The highest BCUT2D eigenvalue weighted by atomic mass is 32.2. The van der Waals surface area contributed by atoms with Gasteiger partial charge in [0.1, 0.15) is 0 Å². The van der Waals surface area contributed by atoms with Crippen molar-refractivity contribution in [3.8, 4) is 0 Å². The van der Waals surface area contributed by atoms with Gasteiger partial charge in [-0.3, -0.25) is 4.79 Å². The van der Waals surface area contributed by atoms with Crippen LogP contribution >= 0.6 is 11.8 Å². The van der Waals surface area contributed by atoms with Gasteiger partial charge >= 0.3 is 6.18 Å². The molecule has 2 aromatic carbocycles. The summed E-state index contributed by atoms with van der Waals surface area (Å²) in [5.74, 6) is -0.263. The molecule has 0 fully saturated rings. The molecule has 1 aliphatic rings. The summed E-state index contributed by atoms with van der Waals surface area (Å²) in [5, 5.41) is -0.261. The van der Waals surface area contributed by atoms with Crippen molar-refractivity contribution in [2.75, 3.05) is 0 Å². The number of ketones is 1. The van der Waals surface area contributed by atoms with Crippen molar-refractivity contribution in [3.05, 3.63) is 75.8 Å². The van der Waals surface area contributed by atoms with E-state index in [-0.39, 0.29) is 27.5 Å². The number of halogens is 3. The van der Waals surface area contributed by atoms with E-state index in [2.05, 4.69) is 0 Å². The molecule has 0 aliphatic carbocycles. The first-order valence-electron chi connectivity index (χ1n) is 7.23. The largest absolute Gasteiger partial charge is 0.416 e. The molecular formula is C18H14F3NOS. The molecule has 124 valence electrons. The molecule has 24 heavy (non-hydrogen) atoms. The minimum Gasteiger partial charge on any atom is -0.393 e. The zero-order chi connectivity index (χ0) is 17.5. The summed E-state index contributed by atoms with van der Waals surface area (Å²) in [6.07, 6.45) is -4.47. The molecule has 0 saturated carbocycles. The first kappa shape index (κ1) is 16.6. The SMILES string of the molecule is Cc1ccc(C2=C(N)SC(c3ccccc3)C2=O)cc1C(F)(F)F. The maximum atomic E-state index is 13.1. The maximum absolute atomic E-state index is 13.1. The Bertz CT molecular complexity index is 828. The van der Waals surface area contributed by atoms with Gasteiger partial charge in [0.2, 0.25) is 0 Å². The highest BCUT2D eigenvalue weighted by Gasteiger charge is 2.37. The van der Waals surface area contributed by atoms with Gasteiger partial charge in [-0.1, -0.05) is 54.2 Å². The highest BCUT2D eigenvalue weighted by molar-refractivity contribution is 8.04. The van der Waals surface area contributed by atoms with Gasteiger partial charge in [0.05, 0.1) is 21.4 Å². The normalized spacial score (nSPS) is 18.3. The van der Waals surface area contributed by atoms with Crippen LogP contribution in [0.15, 0.2) is 53.6 Å². The molecule has 1 atom stereocenters. The number of carbonyl (C=O) groups excluding carboxylic acids is 1. The van der Waals surface area contributed by atoms with Crippen LogP contribution in [0.5, 0.6) is 0 Å². The molecule has 1 unspecified atom stereocenters. The molecule has 2 nitrogen and oxygen atoms in total. The van der Waals surface area contributed by atoms with Crippen LogP contribution < -0.4 is 5.73 Å². The highest BCUT2D eigenvalue weighted by Crippen LogP contribution is 2.47. The van der Waals surface area contributed by atoms with E-state index in [0.29, 0.717) is 0 Å². The van der Waals surface area contributed by atoms with E-state index in [4.69, 9.17) is 5.73 Å². The average molecular weight is 349 g/mol. The van der Waals surface area contributed by atoms with Crippen molar-refractivity contribution < 1.29 is 18.0 Å². The number of hydrogen-bond donors (Lipinski definition) is 1. The van der Waals surface area contributed by atoms with Crippen molar-refractivity contribution in [1.82, 2.24) is 0 Å². The van der Waals surface area contributed by atoms with E-state index in [1.165, 1.54) is 30.8 Å². The summed E-state index contributed by atoms with van der Waals surface area (Å²) in [7, 11) is 0. The molecule has 2 aromatic rings. The number of aryl methyl sites for hydroxylation is 1. The van der Waals surface area contributed by atoms with Gasteiger partial charge in [0.25, 0.3) is 0 Å². The topological polar surface area (TPSA) is 43.1 Å². The molecular weight excluding hydrogens is 335 g/mol. The smallest absolute Gasteiger partial charge is 0.393 e. The Kier molecular flexibility index (Phi) is 4.17. The van der Waals surface area contributed by atoms with Crippen molar-refractivity contribution in [1.29, 1.82) is 0 Å². The third-order valence-electron chi connectivity index (χ3n) is 3.91. The Hall–Kier alpha value is -2.21. The second kappa shape index (κ2) is 6.02. The van der Waals surface area contributed by atoms with E-state index < -0.39 is 17.0 Å². The lowest BCUT2D eigenvalue weighted by atomic mass is 9.94. The summed E-state index contributed by atoms with van der Waals surface area (Å²) in [4.78, 5) is 12.7. The first-order valence-corrected chi connectivity index (χ1v) is 8.11. The molecule has 1 heterocycles. The predicted molar refractivity (Wildman–Crippen MR) is 89.1 cm³/mol. The quantitative estimate of drug-likeness (QED) is 0.855. The standard InChI is InChI=1S/C18H14F3NOS/c1-10-7-8-12(9-13(10)18(19,20)21)14-15(23)16(24-17(14)22)11-5-3-2-4-6-11/h2-9,16H,22H2,1H3. The summed E-state index contributed by atoms with van der Waals surface area (Å²) < 4.78 is 39.3. The molecule has 0 amide bonds. The van der Waals surface area contributed by atoms with E-state index >= 15 is 0 Å². The summed E-state index contributed by atoms with van der Waals surface area (Å²) in [5.41, 5.74) is 6.49. The van der Waals surface area contributed by atoms with Crippen LogP contribution in [0, 0.1) is 6.92 Å². The lowest BCUT2D eigenvalue weighted by Gasteiger charge is -2.13. The average Bonchev–Trinajstić information content (AvgIpc) is 2.83. The van der Waals surface area contributed by atoms with Crippen LogP contribution in [0.2, 0.25) is 0 Å². The van der Waals surface area contributed by atoms with Crippen molar-refractivity contribution >= 4 is 23.1 Å². The minimum absolute atomic E-state index is 0.114. The van der Waals surface area contributed by atoms with Crippen molar-refractivity contribution in [3.63, 3.8) is 0 Å². The number of nitrogens with two attached hydrogens (primary N) is 1. The fraction of sp³-hybridized carbons (Fsp3) is 0.167. The van der Waals surface area contributed by atoms with Gasteiger partial charge < -0.3 is 5.73 Å². The van der Waals surface area contributed by atoms with Gasteiger partial charge in [-0.25, -0.2) is 0 Å². The molecule has 0 bridgehead atoms. The number of thioether (sulfide) groups is 1. The van der Waals surface area contributed by atoms with Gasteiger partial charge in [-0.2, -0.15) is 13.2 Å². The van der Waals surface area contributed by atoms with Gasteiger partial charge in [-0.15, -0.1) is 0 Å². The van der Waals surface area contributed by atoms with Crippen molar-refractivity contribution in [2.45, 2.75) is 18.3 Å². The lowest BCUT2D eigenvalue weighted by molar-refractivity contribution is -0.138. The number of benzene rings is 2. The number of carbonyl (C=O) groups is 1. The van der Waals surface area contributed by atoms with Crippen LogP contribution in [0.25, 0.3) is 5.57 Å². The predicted octanol–water partition coefficient (Wildman–Crippen LogP) is 4.70. The van der Waals surface area contributed by atoms with Gasteiger partial charge in [0, 0.05) is 0 Å². The molecule has 2 N–H and O–H groups in total. The molecule has 0 saturated heterocycles. The number of Topliss-reactive ketones (excluding diaryl/α,β-unsaturated/α-hetero) is 1. The van der Waals surface area contributed by atoms with Gasteiger partial charge in [0.15, 0.2) is 5.78 Å². The first-order chi connectivity index (χ1) is 11.3. The fourth-order valence-electron chi connectivity index (χ4n) is 2.71. The molecule has 0 aromatic heterocycles. The van der Waals surface area contributed by atoms with Crippen LogP contribution in [0.3, 0.4) is 0 Å². The second-order valence-electron chi connectivity index (χ2n) is 5.54. The lowest BCUT2D eigenvalue weighted by Crippen LogP contribution is -2.10. The van der Waals surface area contributed by atoms with E-state index in [9.17, 15) is 18.0 Å². The molecule has 0 spiro atoms. The Morgan fingerprint density at radius 3 is 2.38 bits per heavy atom. The monoisotopic (exact) mass is 349 g/mol. The second-order valence-corrected chi connectivity index (χ2v) is 6.69. The molecule has 6 heteroatoms. The third-order valence-corrected chi connectivity index (χ3v) is 5.09. The number of rotatable bonds is 2. The fourth-order valence-corrected chi connectivity index (χ4v) is 3.81. The van der Waals surface area contributed by atoms with E-state index in [0.717, 1.165) is 11.6 Å². The summed E-state index contributed by atoms with van der Waals surface area (Å²) >= 11 is 1.17. The Labute approximate surface area is 141 Å². The Balaban J connectivity index is 2.01. The van der Waals surface area contributed by atoms with Crippen molar-refractivity contribution in [2.24, 2.45) is 5.73 Å². The van der Waals surface area contributed by atoms with Crippen LogP contribution in [0.1, 0.15) is 27.5 Å². The number of allylic oxidation sites excluding steroid dienone is 1. The number of alkyl halides is 3. The Morgan fingerprint density at radius 2 is 1.75 bits per heavy atom. The molecule has 1 aliphatic heterocycles. The summed E-state index contributed by atoms with van der Waals surface area (Å²) in [6.45, 7) is 1.39. The maximum Gasteiger partial charge on any atom is 0.416 e. The van der Waals surface area contributed by atoms with Gasteiger partial charge in [-0.05, 0) is 29.7 Å². The van der Waals surface area contributed by atoms with E-state index in [1.54, 1.807) is 0 Å². The zero-order valence-corrected chi connectivity index (χ0v) is 13.5. The zero-order valence-electron chi connectivity index (χ0n) is 12.7.